The SMILES string of the molecule is CCC1(C(=O)Nc2nc(C(C)=O)cs2)CCNCC1. The Morgan fingerprint density at radius 1 is 1.47 bits per heavy atom. The number of hydrogen-bond donors (Lipinski definition) is 2. The molecule has 0 atom stereocenters. The molecule has 1 fully saturated rings. The normalized spacial score (nSPS) is 18.0. The van der Waals surface area contributed by atoms with Crippen LogP contribution in [0.25, 0.3) is 0 Å². The number of hydrogen-bond acceptors (Lipinski definition) is 5. The average Bonchev–Trinajstić information content (AvgIpc) is 2.88. The van der Waals surface area contributed by atoms with Crippen LogP contribution in [-0.2, 0) is 4.79 Å². The molecule has 1 saturated heterocycles. The van der Waals surface area contributed by atoms with Crippen molar-refractivity contribution in [2.75, 3.05) is 18.4 Å². The van der Waals surface area contributed by atoms with E-state index in [1.807, 2.05) is 6.92 Å². The molecule has 6 heteroatoms. The van der Waals surface area contributed by atoms with Gasteiger partial charge in [-0.25, -0.2) is 4.98 Å². The molecule has 1 amide bonds. The Balaban J connectivity index is 2.08. The Kier molecular flexibility index (Phi) is 4.31. The monoisotopic (exact) mass is 281 g/mol. The Bertz CT molecular complexity index is 478. The van der Waals surface area contributed by atoms with E-state index in [1.54, 1.807) is 5.38 Å². The van der Waals surface area contributed by atoms with Crippen molar-refractivity contribution in [3.63, 3.8) is 0 Å². The van der Waals surface area contributed by atoms with Crippen LogP contribution in [0.15, 0.2) is 5.38 Å². The van der Waals surface area contributed by atoms with Crippen LogP contribution in [0.3, 0.4) is 0 Å². The first-order valence-electron chi connectivity index (χ1n) is 6.56. The fourth-order valence-electron chi connectivity index (χ4n) is 2.37. The van der Waals surface area contributed by atoms with Gasteiger partial charge in [0, 0.05) is 12.3 Å². The quantitative estimate of drug-likeness (QED) is 0.829. The summed E-state index contributed by atoms with van der Waals surface area (Å²) in [4.78, 5) is 27.8. The largest absolute Gasteiger partial charge is 0.317 e. The third-order valence-corrected chi connectivity index (χ3v) is 4.56. The second-order valence-electron chi connectivity index (χ2n) is 4.93. The summed E-state index contributed by atoms with van der Waals surface area (Å²) in [5, 5.41) is 8.34. The molecule has 0 spiro atoms. The molecular formula is C13H19N3O2S. The van der Waals surface area contributed by atoms with E-state index in [0.29, 0.717) is 10.8 Å². The first-order chi connectivity index (χ1) is 9.07. The second kappa shape index (κ2) is 5.79. The molecule has 1 aliphatic heterocycles. The lowest BCUT2D eigenvalue weighted by molar-refractivity contribution is -0.127. The Morgan fingerprint density at radius 3 is 2.68 bits per heavy atom. The Labute approximate surface area is 116 Å². The van der Waals surface area contributed by atoms with E-state index in [1.165, 1.54) is 18.3 Å². The first-order valence-corrected chi connectivity index (χ1v) is 7.44. The lowest BCUT2D eigenvalue weighted by Crippen LogP contribution is -2.44. The van der Waals surface area contributed by atoms with Crippen LogP contribution in [0.4, 0.5) is 5.13 Å². The highest BCUT2D eigenvalue weighted by Gasteiger charge is 2.38. The van der Waals surface area contributed by atoms with Crippen molar-refractivity contribution in [3.05, 3.63) is 11.1 Å². The van der Waals surface area contributed by atoms with E-state index in [0.717, 1.165) is 32.4 Å². The molecule has 1 aromatic rings. The van der Waals surface area contributed by atoms with E-state index in [2.05, 4.69) is 15.6 Å². The van der Waals surface area contributed by atoms with E-state index >= 15 is 0 Å². The van der Waals surface area contributed by atoms with Crippen molar-refractivity contribution in [1.82, 2.24) is 10.3 Å². The van der Waals surface area contributed by atoms with E-state index < -0.39 is 0 Å². The molecule has 0 saturated carbocycles. The maximum Gasteiger partial charge on any atom is 0.232 e. The lowest BCUT2D eigenvalue weighted by Gasteiger charge is -2.34. The number of amides is 1. The molecule has 2 N–H and O–H groups in total. The molecule has 0 unspecified atom stereocenters. The number of carbonyl (C=O) groups is 2. The molecule has 5 nitrogen and oxygen atoms in total. The fourth-order valence-corrected chi connectivity index (χ4v) is 3.11. The van der Waals surface area contributed by atoms with Gasteiger partial charge in [0.05, 0.1) is 5.41 Å². The van der Waals surface area contributed by atoms with Crippen LogP contribution in [0.1, 0.15) is 43.6 Å². The zero-order valence-corrected chi connectivity index (χ0v) is 12.1. The van der Waals surface area contributed by atoms with Crippen LogP contribution in [0, 0.1) is 5.41 Å². The van der Waals surface area contributed by atoms with E-state index in [-0.39, 0.29) is 17.1 Å². The van der Waals surface area contributed by atoms with Gasteiger partial charge in [0.1, 0.15) is 5.69 Å². The minimum absolute atomic E-state index is 0.0287. The maximum atomic E-state index is 12.4. The topological polar surface area (TPSA) is 71.1 Å². The standard InChI is InChI=1S/C13H19N3O2S/c1-3-13(4-6-14-7-5-13)11(18)16-12-15-10(8-19-12)9(2)17/h8,14H,3-7H2,1-2H3,(H,15,16,18). The maximum absolute atomic E-state index is 12.4. The molecule has 1 aromatic heterocycles. The summed E-state index contributed by atoms with van der Waals surface area (Å²) in [6.07, 6.45) is 2.52. The summed E-state index contributed by atoms with van der Waals surface area (Å²) < 4.78 is 0. The number of aromatic nitrogens is 1. The Hall–Kier alpha value is -1.27. The number of rotatable bonds is 4. The number of nitrogens with one attached hydrogen (secondary N) is 2. The predicted octanol–water partition coefficient (Wildman–Crippen LogP) is 2.06. The van der Waals surface area contributed by atoms with Crippen LogP contribution in [0.5, 0.6) is 0 Å². The van der Waals surface area contributed by atoms with Gasteiger partial charge in [-0.3, -0.25) is 9.59 Å². The van der Waals surface area contributed by atoms with Gasteiger partial charge in [-0.15, -0.1) is 11.3 Å². The highest BCUT2D eigenvalue weighted by molar-refractivity contribution is 7.14. The molecule has 0 aliphatic carbocycles. The van der Waals surface area contributed by atoms with Crippen LogP contribution in [0.2, 0.25) is 0 Å². The van der Waals surface area contributed by atoms with Crippen molar-refractivity contribution in [3.8, 4) is 0 Å². The fraction of sp³-hybridized carbons (Fsp3) is 0.615. The summed E-state index contributed by atoms with van der Waals surface area (Å²) >= 11 is 1.30. The van der Waals surface area contributed by atoms with Crippen LogP contribution < -0.4 is 10.6 Å². The number of anilines is 1. The van der Waals surface area contributed by atoms with Crippen molar-refractivity contribution < 1.29 is 9.59 Å². The second-order valence-corrected chi connectivity index (χ2v) is 5.79. The zero-order chi connectivity index (χ0) is 13.9. The minimum Gasteiger partial charge on any atom is -0.317 e. The molecule has 1 aliphatic rings. The predicted molar refractivity (Wildman–Crippen MR) is 75.6 cm³/mol. The summed E-state index contributed by atoms with van der Waals surface area (Å²) in [7, 11) is 0. The number of Topliss-reactive ketones (excluding diaryl/α,β-unsaturated/α-hetero) is 1. The molecular weight excluding hydrogens is 262 g/mol. The van der Waals surface area contributed by atoms with Gasteiger partial charge in [-0.1, -0.05) is 6.92 Å². The highest BCUT2D eigenvalue weighted by atomic mass is 32.1. The average molecular weight is 281 g/mol. The van der Waals surface area contributed by atoms with Gasteiger partial charge in [-0.05, 0) is 32.4 Å². The van der Waals surface area contributed by atoms with Gasteiger partial charge in [-0.2, -0.15) is 0 Å². The highest BCUT2D eigenvalue weighted by Crippen LogP contribution is 2.34. The van der Waals surface area contributed by atoms with Crippen molar-refractivity contribution >= 4 is 28.2 Å². The molecule has 0 bridgehead atoms. The summed E-state index contributed by atoms with van der Waals surface area (Å²) in [5.74, 6) is -0.0511. The first kappa shape index (κ1) is 14.1. The van der Waals surface area contributed by atoms with Crippen LogP contribution in [-0.4, -0.2) is 29.8 Å². The summed E-state index contributed by atoms with van der Waals surface area (Å²) in [6.45, 7) is 5.27. The molecule has 19 heavy (non-hydrogen) atoms. The number of nitrogens with zero attached hydrogens (tertiary/aromatic N) is 1. The lowest BCUT2D eigenvalue weighted by atomic mass is 9.76. The van der Waals surface area contributed by atoms with Gasteiger partial charge < -0.3 is 10.6 Å². The van der Waals surface area contributed by atoms with Gasteiger partial charge in [0.2, 0.25) is 5.91 Å². The van der Waals surface area contributed by atoms with E-state index in [9.17, 15) is 9.59 Å². The van der Waals surface area contributed by atoms with Crippen molar-refractivity contribution in [1.29, 1.82) is 0 Å². The molecule has 2 heterocycles. The van der Waals surface area contributed by atoms with Gasteiger partial charge >= 0.3 is 0 Å². The Morgan fingerprint density at radius 2 is 2.16 bits per heavy atom. The number of thiazole rings is 1. The van der Waals surface area contributed by atoms with Crippen molar-refractivity contribution in [2.24, 2.45) is 5.41 Å². The number of carbonyl (C=O) groups excluding carboxylic acids is 2. The van der Waals surface area contributed by atoms with Crippen molar-refractivity contribution in [2.45, 2.75) is 33.1 Å². The van der Waals surface area contributed by atoms with Gasteiger partial charge in [0.15, 0.2) is 10.9 Å². The summed E-state index contributed by atoms with van der Waals surface area (Å²) in [6, 6.07) is 0. The molecule has 104 valence electrons. The molecule has 0 aromatic carbocycles. The van der Waals surface area contributed by atoms with Crippen LogP contribution >= 0.6 is 11.3 Å². The van der Waals surface area contributed by atoms with Gasteiger partial charge in [0.25, 0.3) is 0 Å². The smallest absolute Gasteiger partial charge is 0.232 e. The molecule has 2 rings (SSSR count). The third kappa shape index (κ3) is 3.01. The van der Waals surface area contributed by atoms with E-state index in [4.69, 9.17) is 0 Å². The third-order valence-electron chi connectivity index (χ3n) is 3.80. The number of ketones is 1. The minimum atomic E-state index is -0.298. The zero-order valence-electron chi connectivity index (χ0n) is 11.3. The summed E-state index contributed by atoms with van der Waals surface area (Å²) in [5.41, 5.74) is 0.115. The number of piperidine rings is 1. The molecule has 0 radical (unpaired) electrons.